The summed E-state index contributed by atoms with van der Waals surface area (Å²) < 4.78 is 0.614. The molecule has 4 unspecified atom stereocenters. The van der Waals surface area contributed by atoms with Gasteiger partial charge in [-0.1, -0.05) is 194 Å². The van der Waals surface area contributed by atoms with Crippen LogP contribution in [0, 0.1) is 56.2 Å². The second-order valence-corrected chi connectivity index (χ2v) is 30.5. The molecule has 0 amide bonds. The first-order valence-electron chi connectivity index (χ1n) is 20.8. The van der Waals surface area contributed by atoms with Crippen molar-refractivity contribution >= 4 is 50.5 Å². The number of thiol groups is 4. The minimum absolute atomic E-state index is 0.144. The SMILES string of the molecule is CC(C)(C)CC(C)(C)CC(C)(C)S.CC(C)(C)CC(C)(S)CC(C)(C)C.CC(C)C(C)(S)C(C)CC(C)(C)C.CC(CC(C)(C)C)C(C)C(C)(C)S. The zero-order valence-corrected chi connectivity index (χ0v) is 44.9. The molecule has 0 aromatic heterocycles. The van der Waals surface area contributed by atoms with Crippen molar-refractivity contribution in [3.05, 3.63) is 0 Å². The molecule has 0 aliphatic heterocycles. The topological polar surface area (TPSA) is 0 Å². The average molecular weight is 810 g/mol. The van der Waals surface area contributed by atoms with Crippen molar-refractivity contribution in [3.63, 3.8) is 0 Å². The predicted molar refractivity (Wildman–Crippen MR) is 262 cm³/mol. The summed E-state index contributed by atoms with van der Waals surface area (Å²) in [7, 11) is 0. The van der Waals surface area contributed by atoms with Crippen LogP contribution in [0.2, 0.25) is 0 Å². The molecule has 0 heterocycles. The monoisotopic (exact) mass is 809 g/mol. The zero-order chi connectivity index (χ0) is 43.6. The largest absolute Gasteiger partial charge is 0.173 e. The molecule has 4 atom stereocenters. The molecule has 0 fully saturated rings. The van der Waals surface area contributed by atoms with Gasteiger partial charge in [0.15, 0.2) is 0 Å². The zero-order valence-electron chi connectivity index (χ0n) is 41.3. The molecule has 0 aromatic carbocycles. The maximum Gasteiger partial charge on any atom is 0.0150 e. The second-order valence-electron chi connectivity index (χ2n) is 26.1. The van der Waals surface area contributed by atoms with Crippen LogP contribution in [0.25, 0.3) is 0 Å². The van der Waals surface area contributed by atoms with Gasteiger partial charge in [-0.15, -0.1) is 0 Å². The fourth-order valence-electron chi connectivity index (χ4n) is 8.55. The molecular formula is C48H104S4. The summed E-state index contributed by atoms with van der Waals surface area (Å²) in [4.78, 5) is 0. The van der Waals surface area contributed by atoms with E-state index in [-0.39, 0.29) is 19.0 Å². The van der Waals surface area contributed by atoms with Crippen LogP contribution in [-0.4, -0.2) is 19.0 Å². The van der Waals surface area contributed by atoms with Crippen molar-refractivity contribution in [2.24, 2.45) is 56.2 Å². The number of hydrogen-bond donors (Lipinski definition) is 4. The fraction of sp³-hybridized carbons (Fsp3) is 1.00. The minimum atomic E-state index is 0.144. The first kappa shape index (κ1) is 60.1. The third-order valence-electron chi connectivity index (χ3n) is 9.73. The Hall–Kier alpha value is 1.40. The summed E-state index contributed by atoms with van der Waals surface area (Å²) in [5.41, 5.74) is 2.42. The van der Waals surface area contributed by atoms with Gasteiger partial charge in [0.25, 0.3) is 0 Å². The standard InChI is InChI=1S/4C12H26S/c1-10(2,3)8-11(4,5)9-12(6,7)13;1-10(2,3)8-12(7,13)9-11(4,5)6;1-9(8-11(3,4)5)10(2)12(6,7)13;1-9(2)12(7,13)10(3)8-11(4,5)6/h2*13H,8-9H2,1-7H3;2*9-10,13H,8H2,1-7H3. The molecule has 52 heavy (non-hydrogen) atoms. The molecule has 0 aliphatic rings. The van der Waals surface area contributed by atoms with E-state index in [4.69, 9.17) is 25.3 Å². The predicted octanol–water partition coefficient (Wildman–Crippen LogP) is 17.9. The third-order valence-corrected chi connectivity index (χ3v) is 11.6. The average Bonchev–Trinajstić information content (AvgIpc) is 2.69. The van der Waals surface area contributed by atoms with Crippen molar-refractivity contribution in [2.45, 2.75) is 251 Å². The van der Waals surface area contributed by atoms with Crippen LogP contribution in [-0.2, 0) is 0 Å². The molecule has 0 bridgehead atoms. The normalized spacial score (nSPS) is 17.0. The molecule has 0 radical (unpaired) electrons. The molecule has 320 valence electrons. The van der Waals surface area contributed by atoms with Crippen molar-refractivity contribution in [1.82, 2.24) is 0 Å². The first-order valence-corrected chi connectivity index (χ1v) is 22.6. The highest BCUT2D eigenvalue weighted by atomic mass is 32.1. The van der Waals surface area contributed by atoms with Gasteiger partial charge in [-0.3, -0.25) is 0 Å². The number of hydrogen-bond acceptors (Lipinski definition) is 4. The maximum atomic E-state index is 4.79. The first-order chi connectivity index (χ1) is 21.9. The summed E-state index contributed by atoms with van der Waals surface area (Å²) in [6.07, 6.45) is 7.27. The summed E-state index contributed by atoms with van der Waals surface area (Å²) in [5.74, 6) is 2.70. The van der Waals surface area contributed by atoms with Gasteiger partial charge < -0.3 is 0 Å². The van der Waals surface area contributed by atoms with E-state index < -0.39 is 0 Å². The minimum Gasteiger partial charge on any atom is -0.173 e. The van der Waals surface area contributed by atoms with E-state index in [0.717, 1.165) is 5.92 Å². The Morgan fingerprint density at radius 3 is 0.904 bits per heavy atom. The lowest BCUT2D eigenvalue weighted by Gasteiger charge is -2.38. The van der Waals surface area contributed by atoms with Gasteiger partial charge in [-0.05, 0) is 94.7 Å². The molecular weight excluding hydrogens is 705 g/mol. The van der Waals surface area contributed by atoms with Crippen molar-refractivity contribution in [2.75, 3.05) is 0 Å². The highest BCUT2D eigenvalue weighted by Crippen LogP contribution is 2.42. The molecule has 4 heteroatoms. The molecule has 0 saturated carbocycles. The Kier molecular flexibility index (Phi) is 25.4. The van der Waals surface area contributed by atoms with Crippen LogP contribution in [0.1, 0.15) is 232 Å². The van der Waals surface area contributed by atoms with E-state index >= 15 is 0 Å². The van der Waals surface area contributed by atoms with Crippen molar-refractivity contribution in [3.8, 4) is 0 Å². The van der Waals surface area contributed by atoms with Gasteiger partial charge in [0, 0.05) is 19.0 Å². The maximum absolute atomic E-state index is 4.79. The van der Waals surface area contributed by atoms with E-state index in [1.54, 1.807) is 0 Å². The summed E-state index contributed by atoms with van der Waals surface area (Å²) in [5, 5.41) is 0. The van der Waals surface area contributed by atoms with Gasteiger partial charge in [0.1, 0.15) is 0 Å². The summed E-state index contributed by atoms with van der Waals surface area (Å²) in [6.45, 7) is 63.9. The molecule has 0 aromatic rings. The van der Waals surface area contributed by atoms with Crippen LogP contribution >= 0.6 is 50.5 Å². The van der Waals surface area contributed by atoms with Crippen LogP contribution in [0.3, 0.4) is 0 Å². The fourth-order valence-corrected chi connectivity index (χ4v) is 10.3. The third kappa shape index (κ3) is 39.6. The Morgan fingerprint density at radius 2 is 0.692 bits per heavy atom. The van der Waals surface area contributed by atoms with Gasteiger partial charge in [-0.25, -0.2) is 0 Å². The van der Waals surface area contributed by atoms with Crippen LogP contribution in [0.15, 0.2) is 0 Å². The lowest BCUT2D eigenvalue weighted by atomic mass is 9.72. The van der Waals surface area contributed by atoms with Crippen LogP contribution < -0.4 is 0 Å². The highest BCUT2D eigenvalue weighted by molar-refractivity contribution is 7.82. The molecule has 0 N–H and O–H groups in total. The Labute approximate surface area is 356 Å². The lowest BCUT2D eigenvalue weighted by molar-refractivity contribution is 0.187. The van der Waals surface area contributed by atoms with Crippen molar-refractivity contribution in [1.29, 1.82) is 0 Å². The lowest BCUT2D eigenvalue weighted by Crippen LogP contribution is -2.34. The van der Waals surface area contributed by atoms with Gasteiger partial charge in [0.2, 0.25) is 0 Å². The van der Waals surface area contributed by atoms with Crippen molar-refractivity contribution < 1.29 is 0 Å². The molecule has 0 saturated heterocycles. The Bertz CT molecular complexity index is 844. The summed E-state index contributed by atoms with van der Waals surface area (Å²) in [6, 6.07) is 0. The van der Waals surface area contributed by atoms with E-state index in [1.807, 2.05) is 0 Å². The molecule has 0 nitrogen and oxygen atoms in total. The Balaban J connectivity index is -0.000000295. The second kappa shape index (κ2) is 22.0. The van der Waals surface area contributed by atoms with Gasteiger partial charge >= 0.3 is 0 Å². The van der Waals surface area contributed by atoms with Gasteiger partial charge in [0.05, 0.1) is 0 Å². The Morgan fingerprint density at radius 1 is 0.385 bits per heavy atom. The van der Waals surface area contributed by atoms with Crippen LogP contribution in [0.4, 0.5) is 0 Å². The smallest absolute Gasteiger partial charge is 0.0150 e. The molecule has 0 aliphatic carbocycles. The highest BCUT2D eigenvalue weighted by Gasteiger charge is 2.34. The van der Waals surface area contributed by atoms with E-state index in [9.17, 15) is 0 Å². The molecule has 0 rings (SSSR count). The van der Waals surface area contributed by atoms with E-state index in [1.165, 1.54) is 38.5 Å². The number of rotatable bonds is 11. The van der Waals surface area contributed by atoms with Crippen LogP contribution in [0.5, 0.6) is 0 Å². The molecule has 0 spiro atoms. The quantitative estimate of drug-likeness (QED) is 0.147. The van der Waals surface area contributed by atoms with E-state index in [2.05, 4.69) is 219 Å². The summed E-state index contributed by atoms with van der Waals surface area (Å²) >= 11 is 18.8. The van der Waals surface area contributed by atoms with E-state index in [0.29, 0.717) is 50.2 Å². The van der Waals surface area contributed by atoms with Gasteiger partial charge in [-0.2, -0.15) is 50.5 Å².